The molecule has 1 saturated heterocycles. The minimum atomic E-state index is 0.403. The highest BCUT2D eigenvalue weighted by Crippen LogP contribution is 2.24. The molecular weight excluding hydrogens is 90.1 g/mol. The van der Waals surface area contributed by atoms with Crippen LogP contribution < -0.4 is 0 Å². The van der Waals surface area contributed by atoms with Crippen molar-refractivity contribution in [3.63, 3.8) is 0 Å². The zero-order chi connectivity index (χ0) is 5.44. The van der Waals surface area contributed by atoms with Gasteiger partial charge in [0.2, 0.25) is 0 Å². The third kappa shape index (κ3) is 0.640. The van der Waals surface area contributed by atoms with Crippen molar-refractivity contribution in [3.05, 3.63) is 0 Å². The van der Waals surface area contributed by atoms with E-state index in [9.17, 15) is 0 Å². The molecule has 2 nitrogen and oxygen atoms in total. The first-order valence-electron chi connectivity index (χ1n) is 2.52. The normalized spacial score (nSPS) is 49.3. The van der Waals surface area contributed by atoms with Crippen LogP contribution in [-0.2, 0) is 4.74 Å². The number of hydrogen-bond donors (Lipinski definition) is 0. The van der Waals surface area contributed by atoms with Gasteiger partial charge >= 0.3 is 0 Å². The van der Waals surface area contributed by atoms with E-state index in [0.717, 1.165) is 0 Å². The average molecular weight is 101 g/mol. The molecule has 1 aliphatic heterocycles. The van der Waals surface area contributed by atoms with Crippen LogP contribution in [0.15, 0.2) is 0 Å². The lowest BCUT2D eigenvalue weighted by Crippen LogP contribution is -1.94. The molecule has 0 aromatic rings. The van der Waals surface area contributed by atoms with Gasteiger partial charge in [0, 0.05) is 13.2 Å². The summed E-state index contributed by atoms with van der Waals surface area (Å²) in [6.07, 6.45) is 0.403. The summed E-state index contributed by atoms with van der Waals surface area (Å²) >= 11 is 0. The molecule has 0 spiro atoms. The molecule has 1 aliphatic rings. The molecule has 3 atom stereocenters. The van der Waals surface area contributed by atoms with E-state index >= 15 is 0 Å². The summed E-state index contributed by atoms with van der Waals surface area (Å²) in [6.45, 7) is 2.15. The molecule has 0 aromatic heterocycles. The van der Waals surface area contributed by atoms with Crippen molar-refractivity contribution in [2.24, 2.45) is 0 Å². The van der Waals surface area contributed by atoms with Gasteiger partial charge in [0.05, 0.1) is 0 Å². The lowest BCUT2D eigenvalue weighted by molar-refractivity contribution is 0.143. The van der Waals surface area contributed by atoms with Gasteiger partial charge in [0.15, 0.2) is 0 Å². The highest BCUT2D eigenvalue weighted by molar-refractivity contribution is 4.88. The molecule has 2 heteroatoms. The fourth-order valence-corrected chi connectivity index (χ4v) is 0.822. The van der Waals surface area contributed by atoms with Crippen LogP contribution in [0, 0.1) is 0 Å². The Morgan fingerprint density at radius 3 is 2.00 bits per heavy atom. The third-order valence-corrected chi connectivity index (χ3v) is 1.61. The van der Waals surface area contributed by atoms with Gasteiger partial charge in [-0.3, -0.25) is 4.90 Å². The van der Waals surface area contributed by atoms with Gasteiger partial charge < -0.3 is 4.74 Å². The first-order chi connectivity index (χ1) is 3.27. The van der Waals surface area contributed by atoms with Crippen molar-refractivity contribution in [1.82, 2.24) is 4.90 Å². The molecule has 0 N–H and O–H groups in total. The van der Waals surface area contributed by atoms with Gasteiger partial charge in [-0.2, -0.15) is 0 Å². The number of hydrogen-bond acceptors (Lipinski definition) is 2. The first kappa shape index (κ1) is 5.06. The molecule has 0 aliphatic carbocycles. The minimum absolute atomic E-state index is 0.403. The summed E-state index contributed by atoms with van der Waals surface area (Å²) < 4.78 is 5.01. The van der Waals surface area contributed by atoms with E-state index in [2.05, 4.69) is 18.9 Å². The fraction of sp³-hybridized carbons (Fsp3) is 1.00. The number of methoxy groups -OCH3 is 1. The quantitative estimate of drug-likeness (QED) is 0.440. The van der Waals surface area contributed by atoms with Crippen molar-refractivity contribution < 1.29 is 4.74 Å². The molecule has 3 unspecified atom stereocenters. The molecular formula is C5H11NO. The van der Waals surface area contributed by atoms with Crippen LogP contribution in [0.3, 0.4) is 0 Å². The van der Waals surface area contributed by atoms with Crippen molar-refractivity contribution >= 4 is 0 Å². The highest BCUT2D eigenvalue weighted by atomic mass is 16.5. The molecule has 0 radical (unpaired) electrons. The van der Waals surface area contributed by atoms with E-state index in [1.807, 2.05) is 0 Å². The van der Waals surface area contributed by atoms with Crippen LogP contribution in [-0.4, -0.2) is 31.3 Å². The Morgan fingerprint density at radius 1 is 1.57 bits per heavy atom. The van der Waals surface area contributed by atoms with E-state index in [0.29, 0.717) is 12.3 Å². The zero-order valence-electron chi connectivity index (χ0n) is 5.01. The van der Waals surface area contributed by atoms with Gasteiger partial charge in [-0.15, -0.1) is 0 Å². The number of nitrogens with zero attached hydrogens (tertiary/aromatic N) is 1. The summed E-state index contributed by atoms with van der Waals surface area (Å²) in [5.74, 6) is 0. The standard InChI is InChI=1S/C5H11NO/c1-4-5(7-3)6(4)2/h4-5H,1-3H3. The molecule has 7 heavy (non-hydrogen) atoms. The maximum absolute atomic E-state index is 5.01. The Hall–Kier alpha value is -0.0800. The second-order valence-electron chi connectivity index (χ2n) is 2.03. The third-order valence-electron chi connectivity index (χ3n) is 1.61. The van der Waals surface area contributed by atoms with Crippen molar-refractivity contribution in [1.29, 1.82) is 0 Å². The van der Waals surface area contributed by atoms with E-state index in [-0.39, 0.29) is 0 Å². The van der Waals surface area contributed by atoms with Crippen LogP contribution in [0.25, 0.3) is 0 Å². The van der Waals surface area contributed by atoms with Crippen molar-refractivity contribution in [2.45, 2.75) is 19.2 Å². The smallest absolute Gasteiger partial charge is 0.125 e. The monoisotopic (exact) mass is 101 g/mol. The molecule has 0 saturated carbocycles. The Balaban J connectivity index is 2.24. The van der Waals surface area contributed by atoms with Crippen molar-refractivity contribution in [2.75, 3.05) is 14.2 Å². The van der Waals surface area contributed by atoms with E-state index in [1.54, 1.807) is 7.11 Å². The minimum Gasteiger partial charge on any atom is -0.365 e. The predicted octanol–water partition coefficient (Wildman–Crippen LogP) is 0.293. The van der Waals surface area contributed by atoms with Gasteiger partial charge in [-0.25, -0.2) is 0 Å². The molecule has 0 aromatic carbocycles. The summed E-state index contributed by atoms with van der Waals surface area (Å²) in [6, 6.07) is 0.644. The van der Waals surface area contributed by atoms with Gasteiger partial charge in [-0.05, 0) is 14.0 Å². The van der Waals surface area contributed by atoms with Crippen LogP contribution in [0.5, 0.6) is 0 Å². The molecule has 0 bridgehead atoms. The van der Waals surface area contributed by atoms with E-state index < -0.39 is 0 Å². The number of ether oxygens (including phenoxy) is 1. The summed E-state index contributed by atoms with van der Waals surface area (Å²) in [5, 5.41) is 0. The average Bonchev–Trinajstić information content (AvgIpc) is 2.17. The Labute approximate surface area is 44.1 Å². The van der Waals surface area contributed by atoms with Gasteiger partial charge in [0.1, 0.15) is 6.23 Å². The van der Waals surface area contributed by atoms with Crippen LogP contribution in [0.4, 0.5) is 0 Å². The van der Waals surface area contributed by atoms with Crippen molar-refractivity contribution in [3.8, 4) is 0 Å². The maximum Gasteiger partial charge on any atom is 0.125 e. The van der Waals surface area contributed by atoms with E-state index in [1.165, 1.54) is 0 Å². The largest absolute Gasteiger partial charge is 0.365 e. The lowest BCUT2D eigenvalue weighted by Gasteiger charge is -1.86. The Bertz CT molecular complexity index is 66.5. The maximum atomic E-state index is 5.01. The first-order valence-corrected chi connectivity index (χ1v) is 2.52. The van der Waals surface area contributed by atoms with Crippen LogP contribution in [0.2, 0.25) is 0 Å². The van der Waals surface area contributed by atoms with E-state index in [4.69, 9.17) is 4.74 Å². The molecule has 42 valence electrons. The molecule has 1 rings (SSSR count). The topological polar surface area (TPSA) is 12.2 Å². The molecule has 0 amide bonds. The summed E-state index contributed by atoms with van der Waals surface area (Å²) in [4.78, 5) is 2.17. The number of rotatable bonds is 1. The lowest BCUT2D eigenvalue weighted by atomic mass is 10.5. The SMILES string of the molecule is COC1C(C)N1C. The Morgan fingerprint density at radius 2 is 2.00 bits per heavy atom. The predicted molar refractivity (Wildman–Crippen MR) is 28.0 cm³/mol. The van der Waals surface area contributed by atoms with Crippen LogP contribution in [0.1, 0.15) is 6.92 Å². The fourth-order valence-electron chi connectivity index (χ4n) is 0.822. The molecule has 1 heterocycles. The Kier molecular flexibility index (Phi) is 1.05. The number of likely N-dealkylation sites (N-methyl/N-ethyl adjacent to an activating group) is 1. The van der Waals surface area contributed by atoms with Crippen LogP contribution >= 0.6 is 0 Å². The second kappa shape index (κ2) is 1.46. The summed E-state index contributed by atoms with van der Waals surface area (Å²) in [7, 11) is 3.80. The second-order valence-corrected chi connectivity index (χ2v) is 2.03. The van der Waals surface area contributed by atoms with Gasteiger partial charge in [-0.1, -0.05) is 0 Å². The molecule has 1 fully saturated rings. The highest BCUT2D eigenvalue weighted by Gasteiger charge is 2.40. The van der Waals surface area contributed by atoms with Gasteiger partial charge in [0.25, 0.3) is 0 Å². The summed E-state index contributed by atoms with van der Waals surface area (Å²) in [5.41, 5.74) is 0. The zero-order valence-corrected chi connectivity index (χ0v) is 5.01.